The lowest BCUT2D eigenvalue weighted by Gasteiger charge is -2.04. The summed E-state index contributed by atoms with van der Waals surface area (Å²) in [6, 6.07) is 1.88. The third-order valence-corrected chi connectivity index (χ3v) is 1.65. The van der Waals surface area contributed by atoms with Gasteiger partial charge in [-0.2, -0.15) is 5.26 Å². The van der Waals surface area contributed by atoms with Crippen molar-refractivity contribution >= 4 is 0 Å². The van der Waals surface area contributed by atoms with E-state index in [0.717, 1.165) is 18.7 Å². The molecule has 0 radical (unpaired) electrons. The van der Waals surface area contributed by atoms with Crippen LogP contribution < -0.4 is 5.32 Å². The largest absolute Gasteiger partial charge is 0.313 e. The predicted octanol–water partition coefficient (Wildman–Crippen LogP) is 0.315. The van der Waals surface area contributed by atoms with Gasteiger partial charge in [-0.1, -0.05) is 13.5 Å². The minimum atomic E-state index is 0.196. The number of likely N-dealkylation sites (N-methyl/N-ethyl adjacent to an activating group) is 1. The standard InChI is InChI=1S/C9H13N5/c1-3-11-5-8(2)6-14-7-12-9(4-10)13-14/h7,11H,2-3,5-6H2,1H3. The molecule has 0 fully saturated rings. The summed E-state index contributed by atoms with van der Waals surface area (Å²) < 4.78 is 1.61. The van der Waals surface area contributed by atoms with Crippen molar-refractivity contribution in [2.45, 2.75) is 13.5 Å². The minimum absolute atomic E-state index is 0.196. The van der Waals surface area contributed by atoms with Crippen LogP contribution in [0.2, 0.25) is 0 Å². The van der Waals surface area contributed by atoms with E-state index in [-0.39, 0.29) is 5.82 Å². The quantitative estimate of drug-likeness (QED) is 0.680. The fraction of sp³-hybridized carbons (Fsp3) is 0.444. The Morgan fingerprint density at radius 2 is 2.57 bits per heavy atom. The summed E-state index contributed by atoms with van der Waals surface area (Å²) in [5, 5.41) is 15.6. The van der Waals surface area contributed by atoms with E-state index in [4.69, 9.17) is 5.26 Å². The average molecular weight is 191 g/mol. The molecule has 1 rings (SSSR count). The smallest absolute Gasteiger partial charge is 0.252 e. The molecule has 0 aliphatic heterocycles. The van der Waals surface area contributed by atoms with E-state index in [9.17, 15) is 0 Å². The van der Waals surface area contributed by atoms with E-state index < -0.39 is 0 Å². The SMILES string of the molecule is C=C(CNCC)Cn1cnc(C#N)n1. The molecule has 1 N–H and O–H groups in total. The van der Waals surface area contributed by atoms with Gasteiger partial charge in [-0.05, 0) is 12.1 Å². The molecule has 0 unspecified atom stereocenters. The number of rotatable bonds is 5. The van der Waals surface area contributed by atoms with Crippen LogP contribution in [0.25, 0.3) is 0 Å². The number of nitriles is 1. The second-order valence-corrected chi connectivity index (χ2v) is 2.91. The number of hydrogen-bond donors (Lipinski definition) is 1. The van der Waals surface area contributed by atoms with Gasteiger partial charge in [0.25, 0.3) is 5.82 Å². The molecule has 5 nitrogen and oxygen atoms in total. The zero-order chi connectivity index (χ0) is 10.4. The maximum Gasteiger partial charge on any atom is 0.252 e. The molecule has 0 saturated carbocycles. The van der Waals surface area contributed by atoms with Gasteiger partial charge in [-0.15, -0.1) is 5.10 Å². The summed E-state index contributed by atoms with van der Waals surface area (Å²) >= 11 is 0. The molecule has 0 atom stereocenters. The van der Waals surface area contributed by atoms with Gasteiger partial charge in [0.1, 0.15) is 12.4 Å². The van der Waals surface area contributed by atoms with Crippen molar-refractivity contribution in [1.82, 2.24) is 20.1 Å². The molecule has 0 aromatic carbocycles. The van der Waals surface area contributed by atoms with Crippen LogP contribution >= 0.6 is 0 Å². The van der Waals surface area contributed by atoms with E-state index >= 15 is 0 Å². The third kappa shape index (κ3) is 2.99. The highest BCUT2D eigenvalue weighted by atomic mass is 15.3. The van der Waals surface area contributed by atoms with Gasteiger partial charge < -0.3 is 5.32 Å². The van der Waals surface area contributed by atoms with Crippen LogP contribution in [0.5, 0.6) is 0 Å². The molecular weight excluding hydrogens is 178 g/mol. The summed E-state index contributed by atoms with van der Waals surface area (Å²) in [6.07, 6.45) is 1.54. The van der Waals surface area contributed by atoms with Gasteiger partial charge in [0.2, 0.25) is 0 Å². The fourth-order valence-electron chi connectivity index (χ4n) is 1.01. The topological polar surface area (TPSA) is 66.5 Å². The molecule has 0 spiro atoms. The Bertz CT molecular complexity index is 346. The van der Waals surface area contributed by atoms with E-state index in [0.29, 0.717) is 6.54 Å². The van der Waals surface area contributed by atoms with Crippen molar-refractivity contribution in [2.24, 2.45) is 0 Å². The van der Waals surface area contributed by atoms with Crippen molar-refractivity contribution < 1.29 is 0 Å². The van der Waals surface area contributed by atoms with Crippen molar-refractivity contribution in [3.8, 4) is 6.07 Å². The Kier molecular flexibility index (Phi) is 3.83. The number of nitrogens with one attached hydrogen (secondary N) is 1. The van der Waals surface area contributed by atoms with Crippen LogP contribution in [0.1, 0.15) is 12.7 Å². The van der Waals surface area contributed by atoms with E-state index in [1.54, 1.807) is 4.68 Å². The number of nitrogens with zero attached hydrogens (tertiary/aromatic N) is 4. The Morgan fingerprint density at radius 1 is 1.79 bits per heavy atom. The molecule has 74 valence electrons. The molecule has 1 heterocycles. The van der Waals surface area contributed by atoms with Crippen LogP contribution in [0, 0.1) is 11.3 Å². The van der Waals surface area contributed by atoms with Crippen LogP contribution in [0.3, 0.4) is 0 Å². The molecule has 0 saturated heterocycles. The number of hydrogen-bond acceptors (Lipinski definition) is 4. The maximum absolute atomic E-state index is 8.50. The number of aromatic nitrogens is 3. The van der Waals surface area contributed by atoms with Gasteiger partial charge >= 0.3 is 0 Å². The van der Waals surface area contributed by atoms with Crippen molar-refractivity contribution in [1.29, 1.82) is 5.26 Å². The highest BCUT2D eigenvalue weighted by Gasteiger charge is 2.00. The summed E-state index contributed by atoms with van der Waals surface area (Å²) in [4.78, 5) is 3.80. The summed E-state index contributed by atoms with van der Waals surface area (Å²) in [5.74, 6) is 0.196. The zero-order valence-corrected chi connectivity index (χ0v) is 8.19. The highest BCUT2D eigenvalue weighted by Crippen LogP contribution is 1.94. The maximum atomic E-state index is 8.50. The Balaban J connectivity index is 2.44. The van der Waals surface area contributed by atoms with Gasteiger partial charge in [0.05, 0.1) is 6.54 Å². The normalized spacial score (nSPS) is 9.71. The monoisotopic (exact) mass is 191 g/mol. The zero-order valence-electron chi connectivity index (χ0n) is 8.19. The van der Waals surface area contributed by atoms with Crippen LogP contribution in [0.4, 0.5) is 0 Å². The van der Waals surface area contributed by atoms with Crippen molar-refractivity contribution in [3.05, 3.63) is 24.3 Å². The van der Waals surface area contributed by atoms with Gasteiger partial charge in [0.15, 0.2) is 0 Å². The Hall–Kier alpha value is -1.67. The van der Waals surface area contributed by atoms with Crippen LogP contribution in [-0.4, -0.2) is 27.9 Å². The molecule has 14 heavy (non-hydrogen) atoms. The first kappa shape index (κ1) is 10.4. The van der Waals surface area contributed by atoms with Crippen LogP contribution in [-0.2, 0) is 6.54 Å². The summed E-state index contributed by atoms with van der Waals surface area (Å²) in [5.41, 5.74) is 1.02. The van der Waals surface area contributed by atoms with Crippen molar-refractivity contribution in [2.75, 3.05) is 13.1 Å². The lowest BCUT2D eigenvalue weighted by Crippen LogP contribution is -2.18. The van der Waals surface area contributed by atoms with Crippen molar-refractivity contribution in [3.63, 3.8) is 0 Å². The second-order valence-electron chi connectivity index (χ2n) is 2.91. The second kappa shape index (κ2) is 5.14. The molecular formula is C9H13N5. The van der Waals surface area contributed by atoms with E-state index in [1.165, 1.54) is 6.33 Å². The minimum Gasteiger partial charge on any atom is -0.313 e. The molecule has 0 aliphatic rings. The fourth-order valence-corrected chi connectivity index (χ4v) is 1.01. The Morgan fingerprint density at radius 3 is 3.14 bits per heavy atom. The molecule has 1 aromatic rings. The molecule has 5 heteroatoms. The third-order valence-electron chi connectivity index (χ3n) is 1.65. The lowest BCUT2D eigenvalue weighted by atomic mass is 10.3. The molecule has 0 amide bonds. The Labute approximate surface area is 83.1 Å². The molecule has 1 aromatic heterocycles. The highest BCUT2D eigenvalue weighted by molar-refractivity contribution is 5.06. The first-order valence-electron chi connectivity index (χ1n) is 4.43. The van der Waals surface area contributed by atoms with Gasteiger partial charge in [-0.3, -0.25) is 0 Å². The van der Waals surface area contributed by atoms with Crippen LogP contribution in [0.15, 0.2) is 18.5 Å². The lowest BCUT2D eigenvalue weighted by molar-refractivity contribution is 0.642. The first-order valence-corrected chi connectivity index (χ1v) is 4.43. The average Bonchev–Trinajstić information content (AvgIpc) is 2.62. The molecule has 0 aliphatic carbocycles. The van der Waals surface area contributed by atoms with Gasteiger partial charge in [0, 0.05) is 6.54 Å². The van der Waals surface area contributed by atoms with Gasteiger partial charge in [-0.25, -0.2) is 9.67 Å². The summed E-state index contributed by atoms with van der Waals surface area (Å²) in [7, 11) is 0. The predicted molar refractivity (Wildman–Crippen MR) is 52.4 cm³/mol. The molecule has 0 bridgehead atoms. The first-order chi connectivity index (χ1) is 6.76. The van der Waals surface area contributed by atoms with E-state index in [2.05, 4.69) is 22.0 Å². The van der Waals surface area contributed by atoms with E-state index in [1.807, 2.05) is 13.0 Å². The summed E-state index contributed by atoms with van der Waals surface area (Å²) in [6.45, 7) is 8.20.